The Hall–Kier alpha value is -0.610. The van der Waals surface area contributed by atoms with Crippen molar-refractivity contribution in [3.8, 4) is 0 Å². The van der Waals surface area contributed by atoms with Crippen LogP contribution in [0.4, 0.5) is 0 Å². The SMILES string of the molecule is CC(C)(C(=O)NCCOC1CCCCC1)C1CCCNC1. The van der Waals surface area contributed by atoms with Crippen molar-refractivity contribution in [1.29, 1.82) is 0 Å². The highest BCUT2D eigenvalue weighted by Gasteiger charge is 2.36. The Bertz CT molecular complexity index is 319. The molecule has 0 aromatic heterocycles. The van der Waals surface area contributed by atoms with Crippen LogP contribution < -0.4 is 10.6 Å². The van der Waals surface area contributed by atoms with Gasteiger partial charge in [0.2, 0.25) is 5.91 Å². The van der Waals surface area contributed by atoms with Crippen molar-refractivity contribution in [3.05, 3.63) is 0 Å². The van der Waals surface area contributed by atoms with Crippen molar-refractivity contribution in [2.75, 3.05) is 26.2 Å². The molecular formula is C17H32N2O2. The predicted octanol–water partition coefficient (Wildman–Crippen LogP) is 2.48. The summed E-state index contributed by atoms with van der Waals surface area (Å²) in [6, 6.07) is 0. The number of amides is 1. The fourth-order valence-corrected chi connectivity index (χ4v) is 3.50. The van der Waals surface area contributed by atoms with Gasteiger partial charge in [-0.05, 0) is 44.7 Å². The maximum Gasteiger partial charge on any atom is 0.226 e. The number of rotatable bonds is 6. The summed E-state index contributed by atoms with van der Waals surface area (Å²) in [5.41, 5.74) is -0.293. The Morgan fingerprint density at radius 1 is 1.19 bits per heavy atom. The van der Waals surface area contributed by atoms with E-state index in [-0.39, 0.29) is 11.3 Å². The highest BCUT2D eigenvalue weighted by Crippen LogP contribution is 2.31. The number of ether oxygens (including phenoxy) is 1. The zero-order chi connectivity index (χ0) is 15.1. The number of hydrogen-bond acceptors (Lipinski definition) is 3. The van der Waals surface area contributed by atoms with Gasteiger partial charge in [-0.25, -0.2) is 0 Å². The molecule has 122 valence electrons. The molecule has 1 atom stereocenters. The largest absolute Gasteiger partial charge is 0.376 e. The van der Waals surface area contributed by atoms with E-state index in [1.165, 1.54) is 38.5 Å². The van der Waals surface area contributed by atoms with Crippen molar-refractivity contribution in [1.82, 2.24) is 10.6 Å². The Morgan fingerprint density at radius 2 is 1.95 bits per heavy atom. The first-order valence-corrected chi connectivity index (χ1v) is 8.71. The van der Waals surface area contributed by atoms with Crippen LogP contribution in [0.25, 0.3) is 0 Å². The molecule has 2 rings (SSSR count). The lowest BCUT2D eigenvalue weighted by molar-refractivity contribution is -0.133. The van der Waals surface area contributed by atoms with E-state index in [2.05, 4.69) is 24.5 Å². The Morgan fingerprint density at radius 3 is 2.62 bits per heavy atom. The molecule has 1 aliphatic carbocycles. The second-order valence-electron chi connectivity index (χ2n) is 7.15. The molecule has 2 fully saturated rings. The fourth-order valence-electron chi connectivity index (χ4n) is 3.50. The second-order valence-corrected chi connectivity index (χ2v) is 7.15. The van der Waals surface area contributed by atoms with Crippen LogP contribution in [0.5, 0.6) is 0 Å². The molecule has 2 N–H and O–H groups in total. The van der Waals surface area contributed by atoms with Gasteiger partial charge in [0, 0.05) is 12.0 Å². The normalized spacial score (nSPS) is 24.8. The molecule has 4 heteroatoms. The summed E-state index contributed by atoms with van der Waals surface area (Å²) in [4.78, 5) is 12.4. The number of hydrogen-bond donors (Lipinski definition) is 2. The lowest BCUT2D eigenvalue weighted by atomic mass is 9.74. The summed E-state index contributed by atoms with van der Waals surface area (Å²) in [7, 11) is 0. The first-order chi connectivity index (χ1) is 10.1. The van der Waals surface area contributed by atoms with Gasteiger partial charge in [0.15, 0.2) is 0 Å². The standard InChI is InChI=1S/C17H32N2O2/c1-17(2,14-7-6-10-18-13-14)16(20)19-11-12-21-15-8-4-3-5-9-15/h14-15,18H,3-13H2,1-2H3,(H,19,20). The quantitative estimate of drug-likeness (QED) is 0.740. The molecule has 0 bridgehead atoms. The van der Waals surface area contributed by atoms with Crippen molar-refractivity contribution in [3.63, 3.8) is 0 Å². The zero-order valence-corrected chi connectivity index (χ0v) is 13.7. The van der Waals surface area contributed by atoms with Crippen LogP contribution in [0.15, 0.2) is 0 Å². The van der Waals surface area contributed by atoms with Crippen molar-refractivity contribution in [2.24, 2.45) is 11.3 Å². The maximum absolute atomic E-state index is 12.4. The third kappa shape index (κ3) is 4.96. The second kappa shape index (κ2) is 8.14. The number of carbonyl (C=O) groups is 1. The average molecular weight is 296 g/mol. The minimum absolute atomic E-state index is 0.170. The van der Waals surface area contributed by atoms with Gasteiger partial charge in [0.1, 0.15) is 0 Å². The first-order valence-electron chi connectivity index (χ1n) is 8.71. The third-order valence-corrected chi connectivity index (χ3v) is 5.20. The van der Waals surface area contributed by atoms with E-state index in [1.54, 1.807) is 0 Å². The first kappa shape index (κ1) is 16.8. The van der Waals surface area contributed by atoms with E-state index in [1.807, 2.05) is 0 Å². The third-order valence-electron chi connectivity index (χ3n) is 5.20. The summed E-state index contributed by atoms with van der Waals surface area (Å²) in [5.74, 6) is 0.606. The zero-order valence-electron chi connectivity index (χ0n) is 13.7. The summed E-state index contributed by atoms with van der Waals surface area (Å²) in [6.45, 7) is 7.47. The molecule has 0 aromatic carbocycles. The van der Waals surface area contributed by atoms with E-state index in [0.29, 0.717) is 25.2 Å². The van der Waals surface area contributed by atoms with Crippen LogP contribution in [-0.4, -0.2) is 38.3 Å². The van der Waals surface area contributed by atoms with E-state index in [0.717, 1.165) is 19.5 Å². The van der Waals surface area contributed by atoms with Crippen molar-refractivity contribution < 1.29 is 9.53 Å². The van der Waals surface area contributed by atoms with E-state index in [9.17, 15) is 4.79 Å². The fraction of sp³-hybridized carbons (Fsp3) is 0.941. The van der Waals surface area contributed by atoms with Gasteiger partial charge in [-0.3, -0.25) is 4.79 Å². The molecule has 0 aromatic rings. The average Bonchev–Trinajstić information content (AvgIpc) is 2.53. The van der Waals surface area contributed by atoms with Gasteiger partial charge >= 0.3 is 0 Å². The molecular weight excluding hydrogens is 264 g/mol. The van der Waals surface area contributed by atoms with Crippen LogP contribution in [-0.2, 0) is 9.53 Å². The number of nitrogens with one attached hydrogen (secondary N) is 2. The smallest absolute Gasteiger partial charge is 0.226 e. The van der Waals surface area contributed by atoms with Gasteiger partial charge in [0.05, 0.1) is 12.7 Å². The monoisotopic (exact) mass is 296 g/mol. The molecule has 1 aliphatic heterocycles. The van der Waals surface area contributed by atoms with Crippen molar-refractivity contribution >= 4 is 5.91 Å². The highest BCUT2D eigenvalue weighted by atomic mass is 16.5. The molecule has 2 aliphatic rings. The molecule has 1 saturated carbocycles. The van der Waals surface area contributed by atoms with Gasteiger partial charge < -0.3 is 15.4 Å². The van der Waals surface area contributed by atoms with Crippen LogP contribution in [0, 0.1) is 11.3 Å². The lowest BCUT2D eigenvalue weighted by Gasteiger charge is -2.36. The topological polar surface area (TPSA) is 50.4 Å². The molecule has 1 heterocycles. The lowest BCUT2D eigenvalue weighted by Crippen LogP contribution is -2.48. The number of piperidine rings is 1. The molecule has 1 amide bonds. The molecule has 4 nitrogen and oxygen atoms in total. The van der Waals surface area contributed by atoms with Crippen LogP contribution in [0.3, 0.4) is 0 Å². The summed E-state index contributed by atoms with van der Waals surface area (Å²) in [6.07, 6.45) is 9.04. The predicted molar refractivity (Wildman–Crippen MR) is 85.2 cm³/mol. The molecule has 1 saturated heterocycles. The van der Waals surface area contributed by atoms with E-state index in [4.69, 9.17) is 4.74 Å². The molecule has 1 unspecified atom stereocenters. The highest BCUT2D eigenvalue weighted by molar-refractivity contribution is 5.82. The van der Waals surface area contributed by atoms with Crippen LogP contribution >= 0.6 is 0 Å². The Labute approximate surface area is 129 Å². The van der Waals surface area contributed by atoms with Gasteiger partial charge in [-0.1, -0.05) is 33.1 Å². The molecule has 0 radical (unpaired) electrons. The summed E-state index contributed by atoms with van der Waals surface area (Å²) in [5, 5.41) is 6.47. The van der Waals surface area contributed by atoms with E-state index >= 15 is 0 Å². The van der Waals surface area contributed by atoms with Gasteiger partial charge in [0.25, 0.3) is 0 Å². The minimum atomic E-state index is -0.293. The van der Waals surface area contributed by atoms with Gasteiger partial charge in [-0.15, -0.1) is 0 Å². The molecule has 21 heavy (non-hydrogen) atoms. The van der Waals surface area contributed by atoms with Crippen molar-refractivity contribution in [2.45, 2.75) is 64.9 Å². The summed E-state index contributed by atoms with van der Waals surface area (Å²) >= 11 is 0. The Kier molecular flexibility index (Phi) is 6.49. The van der Waals surface area contributed by atoms with Crippen LogP contribution in [0.2, 0.25) is 0 Å². The van der Waals surface area contributed by atoms with Crippen LogP contribution in [0.1, 0.15) is 58.8 Å². The number of carbonyl (C=O) groups excluding carboxylic acids is 1. The Balaban J connectivity index is 1.65. The minimum Gasteiger partial charge on any atom is -0.376 e. The van der Waals surface area contributed by atoms with Gasteiger partial charge in [-0.2, -0.15) is 0 Å². The maximum atomic E-state index is 12.4. The van der Waals surface area contributed by atoms with E-state index < -0.39 is 0 Å². The summed E-state index contributed by atoms with van der Waals surface area (Å²) < 4.78 is 5.86. The molecule has 0 spiro atoms.